The molecular formula is C20H17BrO2. The Morgan fingerprint density at radius 2 is 1.48 bits per heavy atom. The van der Waals surface area contributed by atoms with Gasteiger partial charge in [0, 0.05) is 10.0 Å². The summed E-state index contributed by atoms with van der Waals surface area (Å²) in [5.41, 5.74) is 2.70. The minimum atomic E-state index is -0.713. The van der Waals surface area contributed by atoms with E-state index in [2.05, 4.69) is 15.9 Å². The maximum atomic E-state index is 10.7. The van der Waals surface area contributed by atoms with Gasteiger partial charge in [-0.05, 0) is 29.3 Å². The molecule has 0 bridgehead atoms. The van der Waals surface area contributed by atoms with Gasteiger partial charge in [0.2, 0.25) is 0 Å². The highest BCUT2D eigenvalue weighted by molar-refractivity contribution is 9.10. The van der Waals surface area contributed by atoms with Crippen molar-refractivity contribution < 1.29 is 9.84 Å². The minimum Gasteiger partial charge on any atom is -0.489 e. The minimum absolute atomic E-state index is 0.477. The molecule has 0 amide bonds. The van der Waals surface area contributed by atoms with Crippen molar-refractivity contribution in [3.8, 4) is 5.75 Å². The van der Waals surface area contributed by atoms with Gasteiger partial charge in [-0.15, -0.1) is 0 Å². The summed E-state index contributed by atoms with van der Waals surface area (Å²) in [5.74, 6) is 0.701. The van der Waals surface area contributed by atoms with Crippen molar-refractivity contribution in [2.75, 3.05) is 0 Å². The van der Waals surface area contributed by atoms with Crippen molar-refractivity contribution in [2.45, 2.75) is 12.7 Å². The third-order valence-electron chi connectivity index (χ3n) is 3.64. The average Bonchev–Trinajstić information content (AvgIpc) is 2.61. The summed E-state index contributed by atoms with van der Waals surface area (Å²) in [6.45, 7) is 0.477. The highest BCUT2D eigenvalue weighted by atomic mass is 79.9. The third-order valence-corrected chi connectivity index (χ3v) is 4.17. The Bertz CT molecular complexity index is 754. The molecule has 1 atom stereocenters. The summed E-state index contributed by atoms with van der Waals surface area (Å²) >= 11 is 3.41. The molecule has 0 saturated heterocycles. The van der Waals surface area contributed by atoms with Crippen molar-refractivity contribution in [1.29, 1.82) is 0 Å². The van der Waals surface area contributed by atoms with Crippen LogP contribution >= 0.6 is 15.9 Å². The summed E-state index contributed by atoms with van der Waals surface area (Å²) in [6, 6.07) is 25.3. The van der Waals surface area contributed by atoms with Crippen LogP contribution in [-0.2, 0) is 6.61 Å². The van der Waals surface area contributed by atoms with Crippen LogP contribution in [0.25, 0.3) is 0 Å². The van der Waals surface area contributed by atoms with Gasteiger partial charge >= 0.3 is 0 Å². The molecule has 3 aromatic carbocycles. The van der Waals surface area contributed by atoms with E-state index >= 15 is 0 Å². The first kappa shape index (κ1) is 15.8. The Kier molecular flexibility index (Phi) is 5.11. The van der Waals surface area contributed by atoms with Crippen LogP contribution in [-0.4, -0.2) is 5.11 Å². The van der Waals surface area contributed by atoms with E-state index in [0.717, 1.165) is 21.2 Å². The predicted octanol–water partition coefficient (Wildman–Crippen LogP) is 5.11. The number of hydrogen-bond donors (Lipinski definition) is 1. The first-order chi connectivity index (χ1) is 11.2. The first-order valence-corrected chi connectivity index (χ1v) is 8.22. The van der Waals surface area contributed by atoms with Crippen LogP contribution in [0.2, 0.25) is 0 Å². The van der Waals surface area contributed by atoms with Gasteiger partial charge < -0.3 is 9.84 Å². The topological polar surface area (TPSA) is 29.5 Å². The van der Waals surface area contributed by atoms with Gasteiger partial charge in [-0.25, -0.2) is 0 Å². The molecule has 0 fully saturated rings. The van der Waals surface area contributed by atoms with Crippen LogP contribution in [0.15, 0.2) is 83.3 Å². The standard InChI is InChI=1S/C20H17BrO2/c21-17-12-10-16(11-13-17)20(22)18-8-4-5-9-19(18)23-14-15-6-2-1-3-7-15/h1-13,20,22H,14H2. The molecule has 0 aliphatic carbocycles. The molecule has 0 radical (unpaired) electrons. The lowest BCUT2D eigenvalue weighted by Crippen LogP contribution is -2.04. The zero-order valence-electron chi connectivity index (χ0n) is 12.5. The van der Waals surface area contributed by atoms with Crippen LogP contribution in [0.3, 0.4) is 0 Å². The van der Waals surface area contributed by atoms with Crippen LogP contribution in [0, 0.1) is 0 Å². The molecule has 0 aromatic heterocycles. The van der Waals surface area contributed by atoms with Gasteiger partial charge in [-0.3, -0.25) is 0 Å². The second-order valence-electron chi connectivity index (χ2n) is 5.27. The number of para-hydroxylation sites is 1. The fraction of sp³-hybridized carbons (Fsp3) is 0.100. The number of benzene rings is 3. The summed E-state index contributed by atoms with van der Waals surface area (Å²) in [4.78, 5) is 0. The van der Waals surface area contributed by atoms with E-state index in [-0.39, 0.29) is 0 Å². The Hall–Kier alpha value is -2.10. The van der Waals surface area contributed by atoms with E-state index in [4.69, 9.17) is 4.74 Å². The SMILES string of the molecule is OC(c1ccc(Br)cc1)c1ccccc1OCc1ccccc1. The smallest absolute Gasteiger partial charge is 0.125 e. The lowest BCUT2D eigenvalue weighted by Gasteiger charge is -2.16. The molecule has 3 heteroatoms. The maximum absolute atomic E-state index is 10.7. The summed E-state index contributed by atoms with van der Waals surface area (Å²) in [6.07, 6.45) is -0.713. The molecule has 1 unspecified atom stereocenters. The lowest BCUT2D eigenvalue weighted by molar-refractivity contribution is 0.209. The Morgan fingerprint density at radius 1 is 0.826 bits per heavy atom. The van der Waals surface area contributed by atoms with Gasteiger partial charge in [0.25, 0.3) is 0 Å². The van der Waals surface area contributed by atoms with Crippen molar-refractivity contribution >= 4 is 15.9 Å². The summed E-state index contributed by atoms with van der Waals surface area (Å²) in [7, 11) is 0. The average molecular weight is 369 g/mol. The first-order valence-electron chi connectivity index (χ1n) is 7.43. The van der Waals surface area contributed by atoms with Crippen LogP contribution < -0.4 is 4.74 Å². The third kappa shape index (κ3) is 4.01. The number of ether oxygens (including phenoxy) is 1. The molecule has 2 nitrogen and oxygen atoms in total. The highest BCUT2D eigenvalue weighted by Crippen LogP contribution is 2.31. The molecule has 0 spiro atoms. The van der Waals surface area contributed by atoms with Crippen LogP contribution in [0.1, 0.15) is 22.8 Å². The largest absolute Gasteiger partial charge is 0.489 e. The fourth-order valence-corrected chi connectivity index (χ4v) is 2.66. The fourth-order valence-electron chi connectivity index (χ4n) is 2.40. The maximum Gasteiger partial charge on any atom is 0.125 e. The normalized spacial score (nSPS) is 11.9. The second kappa shape index (κ2) is 7.44. The molecule has 3 aromatic rings. The number of halogens is 1. The van der Waals surface area contributed by atoms with Crippen molar-refractivity contribution in [3.05, 3.63) is 100 Å². The molecule has 23 heavy (non-hydrogen) atoms. The Labute approximate surface area is 144 Å². The molecule has 0 heterocycles. The number of hydrogen-bond acceptors (Lipinski definition) is 2. The van der Waals surface area contributed by atoms with Crippen LogP contribution in [0.5, 0.6) is 5.75 Å². The predicted molar refractivity (Wildman–Crippen MR) is 95.4 cm³/mol. The molecular weight excluding hydrogens is 352 g/mol. The summed E-state index contributed by atoms with van der Waals surface area (Å²) in [5, 5.41) is 10.7. The number of aliphatic hydroxyl groups excluding tert-OH is 1. The van der Waals surface area contributed by atoms with Gasteiger partial charge in [-0.2, -0.15) is 0 Å². The van der Waals surface area contributed by atoms with Crippen molar-refractivity contribution in [3.63, 3.8) is 0 Å². The van der Waals surface area contributed by atoms with Gasteiger partial charge in [0.1, 0.15) is 18.5 Å². The van der Waals surface area contributed by atoms with E-state index in [9.17, 15) is 5.11 Å². The molecule has 116 valence electrons. The summed E-state index contributed by atoms with van der Waals surface area (Å²) < 4.78 is 6.91. The van der Waals surface area contributed by atoms with E-state index < -0.39 is 6.10 Å². The Balaban J connectivity index is 1.81. The van der Waals surface area contributed by atoms with E-state index in [1.165, 1.54) is 0 Å². The van der Waals surface area contributed by atoms with E-state index in [1.807, 2.05) is 78.9 Å². The quantitative estimate of drug-likeness (QED) is 0.677. The van der Waals surface area contributed by atoms with E-state index in [0.29, 0.717) is 12.4 Å². The van der Waals surface area contributed by atoms with Crippen molar-refractivity contribution in [1.82, 2.24) is 0 Å². The van der Waals surface area contributed by atoms with Crippen molar-refractivity contribution in [2.24, 2.45) is 0 Å². The zero-order valence-corrected chi connectivity index (χ0v) is 14.1. The highest BCUT2D eigenvalue weighted by Gasteiger charge is 2.15. The molecule has 0 aliphatic rings. The molecule has 3 rings (SSSR count). The second-order valence-corrected chi connectivity index (χ2v) is 6.18. The number of aliphatic hydroxyl groups is 1. The van der Waals surface area contributed by atoms with E-state index in [1.54, 1.807) is 0 Å². The zero-order chi connectivity index (χ0) is 16.1. The van der Waals surface area contributed by atoms with Gasteiger partial charge in [-0.1, -0.05) is 76.6 Å². The number of rotatable bonds is 5. The molecule has 0 saturated carbocycles. The molecule has 0 aliphatic heterocycles. The Morgan fingerprint density at radius 3 is 2.22 bits per heavy atom. The van der Waals surface area contributed by atoms with Crippen LogP contribution in [0.4, 0.5) is 0 Å². The lowest BCUT2D eigenvalue weighted by atomic mass is 10.0. The molecule has 1 N–H and O–H groups in total. The monoisotopic (exact) mass is 368 g/mol. The van der Waals surface area contributed by atoms with Gasteiger partial charge in [0.05, 0.1) is 0 Å². The van der Waals surface area contributed by atoms with Gasteiger partial charge in [0.15, 0.2) is 0 Å².